The molecule has 2 aliphatic rings. The number of rotatable bonds is 2. The Morgan fingerprint density at radius 1 is 1.39 bits per heavy atom. The molecule has 0 amide bonds. The number of benzene rings is 1. The molecule has 0 bridgehead atoms. The van der Waals surface area contributed by atoms with Crippen molar-refractivity contribution in [3.63, 3.8) is 0 Å². The summed E-state index contributed by atoms with van der Waals surface area (Å²) in [5, 5.41) is 3.44. The summed E-state index contributed by atoms with van der Waals surface area (Å²) in [7, 11) is 0. The Bertz CT molecular complexity index is 407. The number of hydrogen-bond acceptors (Lipinski definition) is 3. The summed E-state index contributed by atoms with van der Waals surface area (Å²) in [6, 6.07) is 9.34. The first-order chi connectivity index (χ1) is 8.84. The Morgan fingerprint density at radius 2 is 2.28 bits per heavy atom. The van der Waals surface area contributed by atoms with Crippen LogP contribution in [0.2, 0.25) is 0 Å². The Balaban J connectivity index is 1.73. The lowest BCUT2D eigenvalue weighted by atomic mass is 9.97. The molecule has 2 unspecified atom stereocenters. The van der Waals surface area contributed by atoms with E-state index in [-0.39, 0.29) is 6.10 Å². The summed E-state index contributed by atoms with van der Waals surface area (Å²) >= 11 is 0. The van der Waals surface area contributed by atoms with E-state index in [0.29, 0.717) is 6.04 Å². The molecule has 1 fully saturated rings. The Labute approximate surface area is 109 Å². The molecule has 3 rings (SSSR count). The second-order valence-electron chi connectivity index (χ2n) is 5.36. The number of piperazine rings is 1. The van der Waals surface area contributed by atoms with Crippen LogP contribution in [0.1, 0.15) is 24.2 Å². The zero-order chi connectivity index (χ0) is 12.4. The topological polar surface area (TPSA) is 24.5 Å². The zero-order valence-corrected chi connectivity index (χ0v) is 11.1. The maximum Gasteiger partial charge on any atom is 0.0954 e. The van der Waals surface area contributed by atoms with Gasteiger partial charge >= 0.3 is 0 Å². The lowest BCUT2D eigenvalue weighted by Gasteiger charge is -2.37. The fraction of sp³-hybridized carbons (Fsp3) is 0.600. The van der Waals surface area contributed by atoms with Gasteiger partial charge < -0.3 is 10.1 Å². The number of hydrogen-bond donors (Lipinski definition) is 1. The van der Waals surface area contributed by atoms with Gasteiger partial charge in [-0.2, -0.15) is 0 Å². The molecule has 2 heterocycles. The van der Waals surface area contributed by atoms with Crippen molar-refractivity contribution in [2.24, 2.45) is 0 Å². The number of nitrogens with zero attached hydrogens (tertiary/aromatic N) is 1. The molecular weight excluding hydrogens is 224 g/mol. The van der Waals surface area contributed by atoms with Crippen molar-refractivity contribution in [1.29, 1.82) is 0 Å². The van der Waals surface area contributed by atoms with Crippen LogP contribution in [0.15, 0.2) is 24.3 Å². The lowest BCUT2D eigenvalue weighted by molar-refractivity contribution is 0.00356. The Kier molecular flexibility index (Phi) is 3.64. The third-order valence-corrected chi connectivity index (χ3v) is 4.13. The normalized spacial score (nSPS) is 28.9. The Morgan fingerprint density at radius 3 is 3.17 bits per heavy atom. The minimum Gasteiger partial charge on any atom is -0.372 e. The van der Waals surface area contributed by atoms with Gasteiger partial charge in [-0.05, 0) is 24.5 Å². The van der Waals surface area contributed by atoms with Crippen LogP contribution >= 0.6 is 0 Å². The third-order valence-electron chi connectivity index (χ3n) is 4.13. The van der Waals surface area contributed by atoms with E-state index in [0.717, 1.165) is 39.2 Å². The SMILES string of the molecule is CC1CNCCN1CC1OCCc2ccccc21. The predicted octanol–water partition coefficient (Wildman–Crippen LogP) is 1.59. The molecule has 1 aromatic rings. The molecule has 3 heteroatoms. The van der Waals surface area contributed by atoms with Gasteiger partial charge in [-0.15, -0.1) is 0 Å². The van der Waals surface area contributed by atoms with Crippen molar-refractivity contribution >= 4 is 0 Å². The second-order valence-corrected chi connectivity index (χ2v) is 5.36. The van der Waals surface area contributed by atoms with Gasteiger partial charge in [0.1, 0.15) is 0 Å². The molecule has 2 aliphatic heterocycles. The van der Waals surface area contributed by atoms with Gasteiger partial charge in [-0.25, -0.2) is 0 Å². The third kappa shape index (κ3) is 2.44. The van der Waals surface area contributed by atoms with Crippen molar-refractivity contribution in [2.75, 3.05) is 32.8 Å². The number of ether oxygens (including phenoxy) is 1. The first-order valence-electron chi connectivity index (χ1n) is 6.99. The van der Waals surface area contributed by atoms with Crippen molar-refractivity contribution in [2.45, 2.75) is 25.5 Å². The van der Waals surface area contributed by atoms with Gasteiger partial charge in [0, 0.05) is 32.2 Å². The molecule has 1 aromatic carbocycles. The van der Waals surface area contributed by atoms with E-state index in [2.05, 4.69) is 41.4 Å². The van der Waals surface area contributed by atoms with E-state index in [1.54, 1.807) is 0 Å². The van der Waals surface area contributed by atoms with Gasteiger partial charge in [0.25, 0.3) is 0 Å². The predicted molar refractivity (Wildman–Crippen MR) is 72.7 cm³/mol. The number of nitrogens with one attached hydrogen (secondary N) is 1. The monoisotopic (exact) mass is 246 g/mol. The van der Waals surface area contributed by atoms with E-state index in [4.69, 9.17) is 4.74 Å². The minimum absolute atomic E-state index is 0.260. The van der Waals surface area contributed by atoms with Gasteiger partial charge in [-0.3, -0.25) is 4.90 Å². The van der Waals surface area contributed by atoms with Crippen molar-refractivity contribution in [1.82, 2.24) is 10.2 Å². The van der Waals surface area contributed by atoms with Gasteiger partial charge in [0.15, 0.2) is 0 Å². The highest BCUT2D eigenvalue weighted by molar-refractivity contribution is 5.31. The second kappa shape index (κ2) is 5.39. The smallest absolute Gasteiger partial charge is 0.0954 e. The van der Waals surface area contributed by atoms with Crippen molar-refractivity contribution < 1.29 is 4.74 Å². The fourth-order valence-electron chi connectivity index (χ4n) is 3.00. The Hall–Kier alpha value is -0.900. The van der Waals surface area contributed by atoms with Crippen molar-refractivity contribution in [3.05, 3.63) is 35.4 Å². The van der Waals surface area contributed by atoms with E-state index in [1.807, 2.05) is 0 Å². The summed E-state index contributed by atoms with van der Waals surface area (Å²) in [6.07, 6.45) is 1.32. The molecule has 98 valence electrons. The zero-order valence-electron chi connectivity index (χ0n) is 11.1. The molecule has 1 N–H and O–H groups in total. The number of fused-ring (bicyclic) bond motifs is 1. The van der Waals surface area contributed by atoms with Crippen LogP contribution in [0.5, 0.6) is 0 Å². The minimum atomic E-state index is 0.260. The van der Waals surface area contributed by atoms with E-state index < -0.39 is 0 Å². The summed E-state index contributed by atoms with van der Waals surface area (Å²) in [6.45, 7) is 7.50. The molecule has 0 radical (unpaired) electrons. The first kappa shape index (κ1) is 12.2. The highest BCUT2D eigenvalue weighted by Crippen LogP contribution is 2.28. The van der Waals surface area contributed by atoms with E-state index in [9.17, 15) is 0 Å². The molecular formula is C15H22N2O. The first-order valence-corrected chi connectivity index (χ1v) is 6.99. The summed E-state index contributed by atoms with van der Waals surface area (Å²) < 4.78 is 5.99. The van der Waals surface area contributed by atoms with Crippen LogP contribution in [-0.2, 0) is 11.2 Å². The molecule has 2 atom stereocenters. The maximum absolute atomic E-state index is 5.99. The van der Waals surface area contributed by atoms with Crippen LogP contribution in [0, 0.1) is 0 Å². The highest BCUT2D eigenvalue weighted by Gasteiger charge is 2.26. The average Bonchev–Trinajstić information content (AvgIpc) is 2.42. The van der Waals surface area contributed by atoms with E-state index >= 15 is 0 Å². The van der Waals surface area contributed by atoms with Crippen LogP contribution < -0.4 is 5.32 Å². The molecule has 3 nitrogen and oxygen atoms in total. The van der Waals surface area contributed by atoms with Crippen LogP contribution in [0.25, 0.3) is 0 Å². The van der Waals surface area contributed by atoms with Crippen LogP contribution in [0.4, 0.5) is 0 Å². The molecule has 0 saturated carbocycles. The molecule has 0 spiro atoms. The molecule has 18 heavy (non-hydrogen) atoms. The molecule has 0 aromatic heterocycles. The van der Waals surface area contributed by atoms with Gasteiger partial charge in [0.05, 0.1) is 12.7 Å². The average molecular weight is 246 g/mol. The highest BCUT2D eigenvalue weighted by atomic mass is 16.5. The largest absolute Gasteiger partial charge is 0.372 e. The van der Waals surface area contributed by atoms with Crippen LogP contribution in [0.3, 0.4) is 0 Å². The lowest BCUT2D eigenvalue weighted by Crippen LogP contribution is -2.51. The van der Waals surface area contributed by atoms with Gasteiger partial charge in [0.2, 0.25) is 0 Å². The summed E-state index contributed by atoms with van der Waals surface area (Å²) in [5.41, 5.74) is 2.87. The van der Waals surface area contributed by atoms with Crippen LogP contribution in [-0.4, -0.2) is 43.7 Å². The molecule has 1 saturated heterocycles. The van der Waals surface area contributed by atoms with Gasteiger partial charge in [-0.1, -0.05) is 24.3 Å². The molecule has 0 aliphatic carbocycles. The summed E-state index contributed by atoms with van der Waals surface area (Å²) in [5.74, 6) is 0. The maximum atomic E-state index is 5.99. The summed E-state index contributed by atoms with van der Waals surface area (Å²) in [4.78, 5) is 2.54. The van der Waals surface area contributed by atoms with Crippen molar-refractivity contribution in [3.8, 4) is 0 Å². The standard InChI is InChI=1S/C15H22N2O/c1-12-10-16-7-8-17(12)11-15-14-5-3-2-4-13(14)6-9-18-15/h2-5,12,15-16H,6-11H2,1H3. The quantitative estimate of drug-likeness (QED) is 0.858. The fourth-order valence-corrected chi connectivity index (χ4v) is 3.00. The van der Waals surface area contributed by atoms with E-state index in [1.165, 1.54) is 11.1 Å².